The Morgan fingerprint density at radius 3 is 1.79 bits per heavy atom. The Morgan fingerprint density at radius 2 is 1.32 bits per heavy atom. The second kappa shape index (κ2) is 9.01. The number of nitrogens with zero attached hydrogens (tertiary/aromatic N) is 1. The fourth-order valence-electron chi connectivity index (χ4n) is 4.49. The van der Waals surface area contributed by atoms with Crippen LogP contribution in [0.2, 0.25) is 0 Å². The van der Waals surface area contributed by atoms with E-state index in [-0.39, 0.29) is 18.6 Å². The van der Waals surface area contributed by atoms with E-state index in [0.29, 0.717) is 5.90 Å². The highest BCUT2D eigenvalue weighted by molar-refractivity contribution is 5.96. The molecule has 1 heterocycles. The van der Waals surface area contributed by atoms with E-state index in [9.17, 15) is 10.2 Å². The number of rotatable bonds is 6. The van der Waals surface area contributed by atoms with E-state index >= 15 is 0 Å². The van der Waals surface area contributed by atoms with E-state index < -0.39 is 17.1 Å². The fourth-order valence-corrected chi connectivity index (χ4v) is 4.49. The van der Waals surface area contributed by atoms with Gasteiger partial charge in [-0.05, 0) is 28.7 Å². The quantitative estimate of drug-likeness (QED) is 0.526. The van der Waals surface area contributed by atoms with E-state index in [0.717, 1.165) is 27.8 Å². The highest BCUT2D eigenvalue weighted by Gasteiger charge is 2.50. The van der Waals surface area contributed by atoms with Gasteiger partial charge in [0.25, 0.3) is 0 Å². The van der Waals surface area contributed by atoms with Crippen LogP contribution in [-0.2, 0) is 21.2 Å². The fraction of sp³-hybridized carbons (Fsp3) is 0.367. The Hall–Kier alpha value is -2.95. The first-order valence-electron chi connectivity index (χ1n) is 11.9. The number of aliphatic hydroxyl groups is 2. The number of benzene rings is 3. The van der Waals surface area contributed by atoms with Gasteiger partial charge < -0.3 is 14.9 Å². The predicted octanol–water partition coefficient (Wildman–Crippen LogP) is 5.34. The lowest BCUT2D eigenvalue weighted by Crippen LogP contribution is -2.41. The molecule has 0 saturated heterocycles. The van der Waals surface area contributed by atoms with Crippen LogP contribution in [0.25, 0.3) is 0 Å². The minimum absolute atomic E-state index is 0.0323. The van der Waals surface area contributed by atoms with Crippen molar-refractivity contribution in [3.63, 3.8) is 0 Å². The lowest BCUT2D eigenvalue weighted by molar-refractivity contribution is 0.0720. The van der Waals surface area contributed by atoms with Gasteiger partial charge in [-0.1, -0.05) is 101 Å². The van der Waals surface area contributed by atoms with Gasteiger partial charge in [0.15, 0.2) is 5.60 Å². The maximum Gasteiger partial charge on any atom is 0.217 e. The van der Waals surface area contributed by atoms with Gasteiger partial charge in [0.05, 0.1) is 13.2 Å². The molecule has 0 amide bonds. The summed E-state index contributed by atoms with van der Waals surface area (Å²) in [5, 5.41) is 20.5. The standard InChI is InChI=1S/C30H35NO3/c1-28(2,3)24-16-21(17-25(18-24)29(4,5)20-33)27-31-26(19-32)30(34-27,22-12-8-6-9-13-22)23-14-10-7-11-15-23/h6-18,26,32-33H,19-20H2,1-5H3/t26-/m0/s1. The van der Waals surface area contributed by atoms with E-state index in [1.165, 1.54) is 0 Å². The molecule has 0 aliphatic carbocycles. The van der Waals surface area contributed by atoms with Crippen molar-refractivity contribution in [2.24, 2.45) is 4.99 Å². The van der Waals surface area contributed by atoms with Crippen LogP contribution in [0.15, 0.2) is 83.9 Å². The first-order chi connectivity index (χ1) is 16.1. The Morgan fingerprint density at radius 1 is 0.794 bits per heavy atom. The van der Waals surface area contributed by atoms with E-state index in [4.69, 9.17) is 9.73 Å². The monoisotopic (exact) mass is 457 g/mol. The van der Waals surface area contributed by atoms with Crippen LogP contribution in [0.3, 0.4) is 0 Å². The third-order valence-corrected chi connectivity index (χ3v) is 6.80. The zero-order valence-corrected chi connectivity index (χ0v) is 20.7. The first kappa shape index (κ1) is 24.2. The predicted molar refractivity (Wildman–Crippen MR) is 137 cm³/mol. The zero-order valence-electron chi connectivity index (χ0n) is 20.7. The summed E-state index contributed by atoms with van der Waals surface area (Å²) < 4.78 is 6.81. The Labute approximate surface area is 203 Å². The van der Waals surface area contributed by atoms with Gasteiger partial charge in [0.1, 0.15) is 6.04 Å². The second-order valence-corrected chi connectivity index (χ2v) is 10.8. The van der Waals surface area contributed by atoms with E-state index in [2.05, 4.69) is 39.0 Å². The van der Waals surface area contributed by atoms with Crippen LogP contribution in [0.5, 0.6) is 0 Å². The molecule has 4 rings (SSSR count). The largest absolute Gasteiger partial charge is 0.459 e. The summed E-state index contributed by atoms with van der Waals surface area (Å²) in [6, 6.07) is 25.8. The molecule has 4 nitrogen and oxygen atoms in total. The highest BCUT2D eigenvalue weighted by atomic mass is 16.5. The third kappa shape index (κ3) is 4.28. The van der Waals surface area contributed by atoms with Crippen molar-refractivity contribution in [3.05, 3.63) is 107 Å². The highest BCUT2D eigenvalue weighted by Crippen LogP contribution is 2.44. The average Bonchev–Trinajstić information content (AvgIpc) is 3.25. The van der Waals surface area contributed by atoms with Gasteiger partial charge in [0, 0.05) is 22.1 Å². The minimum Gasteiger partial charge on any atom is -0.459 e. The minimum atomic E-state index is -0.934. The molecule has 3 aromatic carbocycles. The zero-order chi connectivity index (χ0) is 24.6. The summed E-state index contributed by atoms with van der Waals surface area (Å²) in [6.07, 6.45) is 0. The molecule has 0 radical (unpaired) electrons. The van der Waals surface area contributed by atoms with Crippen molar-refractivity contribution in [1.82, 2.24) is 0 Å². The molecule has 0 aromatic heterocycles. The van der Waals surface area contributed by atoms with Crippen molar-refractivity contribution in [3.8, 4) is 0 Å². The summed E-state index contributed by atoms with van der Waals surface area (Å²) in [7, 11) is 0. The molecule has 0 spiro atoms. The Bertz CT molecular complexity index is 1120. The van der Waals surface area contributed by atoms with Crippen molar-refractivity contribution in [2.75, 3.05) is 13.2 Å². The van der Waals surface area contributed by atoms with Crippen LogP contribution >= 0.6 is 0 Å². The molecule has 4 heteroatoms. The Kier molecular flexibility index (Phi) is 6.41. The maximum atomic E-state index is 10.5. The molecule has 0 saturated carbocycles. The third-order valence-electron chi connectivity index (χ3n) is 6.80. The molecule has 34 heavy (non-hydrogen) atoms. The van der Waals surface area contributed by atoms with Gasteiger partial charge >= 0.3 is 0 Å². The molecule has 1 atom stereocenters. The van der Waals surface area contributed by atoms with Gasteiger partial charge in [-0.2, -0.15) is 0 Å². The van der Waals surface area contributed by atoms with Crippen LogP contribution in [0, 0.1) is 0 Å². The van der Waals surface area contributed by atoms with E-state index in [1.807, 2.05) is 74.5 Å². The van der Waals surface area contributed by atoms with Gasteiger partial charge in [-0.25, -0.2) is 4.99 Å². The molecule has 0 bridgehead atoms. The molecular formula is C30H35NO3. The van der Waals surface area contributed by atoms with Gasteiger partial charge in [-0.15, -0.1) is 0 Å². The normalized spacial score (nSPS) is 17.9. The van der Waals surface area contributed by atoms with E-state index in [1.54, 1.807) is 0 Å². The average molecular weight is 458 g/mol. The summed E-state index contributed by atoms with van der Waals surface area (Å²) in [4.78, 5) is 4.94. The molecular weight excluding hydrogens is 422 g/mol. The van der Waals surface area contributed by atoms with Crippen molar-refractivity contribution >= 4 is 5.90 Å². The summed E-state index contributed by atoms with van der Waals surface area (Å²) >= 11 is 0. The number of hydrogen-bond donors (Lipinski definition) is 2. The second-order valence-electron chi connectivity index (χ2n) is 10.8. The summed E-state index contributed by atoms with van der Waals surface area (Å²) in [6.45, 7) is 10.5. The lowest BCUT2D eigenvalue weighted by Gasteiger charge is -2.34. The molecule has 1 aliphatic heterocycles. The molecule has 2 N–H and O–H groups in total. The number of aliphatic hydroxyl groups excluding tert-OH is 2. The Balaban J connectivity index is 1.90. The van der Waals surface area contributed by atoms with Crippen LogP contribution < -0.4 is 0 Å². The molecule has 1 aliphatic rings. The number of ether oxygens (including phenoxy) is 1. The van der Waals surface area contributed by atoms with Crippen molar-refractivity contribution in [1.29, 1.82) is 0 Å². The summed E-state index contributed by atoms with van der Waals surface area (Å²) in [5.74, 6) is 0.507. The van der Waals surface area contributed by atoms with Crippen LogP contribution in [0.4, 0.5) is 0 Å². The number of aliphatic imine (C=N–C) groups is 1. The maximum absolute atomic E-state index is 10.5. The first-order valence-corrected chi connectivity index (χ1v) is 11.9. The van der Waals surface area contributed by atoms with Crippen molar-refractivity contribution < 1.29 is 14.9 Å². The SMILES string of the molecule is CC(C)(C)c1cc(C2=N[C@@H](CO)C(c3ccccc3)(c3ccccc3)O2)cc(C(C)(C)CO)c1. The molecule has 0 fully saturated rings. The van der Waals surface area contributed by atoms with Crippen LogP contribution in [-0.4, -0.2) is 35.4 Å². The summed E-state index contributed by atoms with van der Waals surface area (Å²) in [5.41, 5.74) is 3.48. The smallest absolute Gasteiger partial charge is 0.217 e. The topological polar surface area (TPSA) is 62.1 Å². The number of hydrogen-bond acceptors (Lipinski definition) is 4. The molecule has 0 unspecified atom stereocenters. The lowest BCUT2D eigenvalue weighted by atomic mass is 9.79. The van der Waals surface area contributed by atoms with Gasteiger partial charge in [0.2, 0.25) is 5.90 Å². The molecule has 178 valence electrons. The molecule has 3 aromatic rings. The van der Waals surface area contributed by atoms with Crippen molar-refractivity contribution in [2.45, 2.75) is 57.1 Å². The van der Waals surface area contributed by atoms with Gasteiger partial charge in [-0.3, -0.25) is 0 Å². The van der Waals surface area contributed by atoms with Crippen LogP contribution in [0.1, 0.15) is 62.4 Å².